The van der Waals surface area contributed by atoms with E-state index in [1.54, 1.807) is 6.92 Å². The third kappa shape index (κ3) is 6.47. The van der Waals surface area contributed by atoms with Crippen LogP contribution in [0, 0.1) is 0 Å². The minimum absolute atomic E-state index is 0.136. The predicted molar refractivity (Wildman–Crippen MR) is 59.5 cm³/mol. The Hall–Kier alpha value is -0.610. The molecule has 0 bridgehead atoms. The Morgan fingerprint density at radius 3 is 2.47 bits per heavy atom. The van der Waals surface area contributed by atoms with Crippen molar-refractivity contribution in [2.45, 2.75) is 58.1 Å². The van der Waals surface area contributed by atoms with E-state index in [-0.39, 0.29) is 12.5 Å². The molecule has 3 N–H and O–H groups in total. The summed E-state index contributed by atoms with van der Waals surface area (Å²) in [6, 6.07) is -0.519. The zero-order chi connectivity index (χ0) is 11.7. The summed E-state index contributed by atoms with van der Waals surface area (Å²) in [5.74, 6) is -0.136. The van der Waals surface area contributed by atoms with Crippen LogP contribution < -0.4 is 5.32 Å². The number of hydrogen-bond donors (Lipinski definition) is 3. The topological polar surface area (TPSA) is 69.6 Å². The second kappa shape index (κ2) is 8.68. The van der Waals surface area contributed by atoms with Gasteiger partial charge in [0.05, 0.1) is 18.8 Å². The highest BCUT2D eigenvalue weighted by Crippen LogP contribution is 2.06. The van der Waals surface area contributed by atoms with Crippen LogP contribution in [0.25, 0.3) is 0 Å². The number of unbranched alkanes of at least 4 members (excludes halogenated alkanes) is 2. The standard InChI is InChI=1S/C11H23NO3/c1-3-5-6-7-10(14)9(8-13)12-11(15)4-2/h9-10,13-14H,3-8H2,1-2H3,(H,12,15). The fourth-order valence-electron chi connectivity index (χ4n) is 1.38. The summed E-state index contributed by atoms with van der Waals surface area (Å²) in [7, 11) is 0. The number of aliphatic hydroxyl groups is 2. The van der Waals surface area contributed by atoms with Gasteiger partial charge >= 0.3 is 0 Å². The summed E-state index contributed by atoms with van der Waals surface area (Å²) in [5, 5.41) is 21.3. The third-order valence-electron chi connectivity index (χ3n) is 2.43. The fourth-order valence-corrected chi connectivity index (χ4v) is 1.38. The molecule has 2 unspecified atom stereocenters. The number of hydrogen-bond acceptors (Lipinski definition) is 3. The molecule has 0 aliphatic heterocycles. The van der Waals surface area contributed by atoms with Crippen molar-refractivity contribution in [2.24, 2.45) is 0 Å². The van der Waals surface area contributed by atoms with E-state index in [9.17, 15) is 9.90 Å². The van der Waals surface area contributed by atoms with Gasteiger partial charge in [0.1, 0.15) is 0 Å². The van der Waals surface area contributed by atoms with E-state index < -0.39 is 12.1 Å². The van der Waals surface area contributed by atoms with Crippen LogP contribution in [0.2, 0.25) is 0 Å². The summed E-state index contributed by atoms with van der Waals surface area (Å²) in [6.07, 6.45) is 3.45. The first-order valence-electron chi connectivity index (χ1n) is 5.73. The summed E-state index contributed by atoms with van der Waals surface area (Å²) in [4.78, 5) is 11.1. The van der Waals surface area contributed by atoms with E-state index in [1.165, 1.54) is 0 Å². The summed E-state index contributed by atoms with van der Waals surface area (Å²) in [5.41, 5.74) is 0. The molecular formula is C11H23NO3. The lowest BCUT2D eigenvalue weighted by atomic mass is 10.0. The molecule has 0 saturated heterocycles. The first-order chi connectivity index (χ1) is 7.15. The quantitative estimate of drug-likeness (QED) is 0.527. The number of amides is 1. The zero-order valence-electron chi connectivity index (χ0n) is 9.70. The fraction of sp³-hybridized carbons (Fsp3) is 0.909. The van der Waals surface area contributed by atoms with Gasteiger partial charge in [-0.15, -0.1) is 0 Å². The Morgan fingerprint density at radius 1 is 1.33 bits per heavy atom. The van der Waals surface area contributed by atoms with E-state index in [0.717, 1.165) is 19.3 Å². The Labute approximate surface area is 91.7 Å². The molecule has 1 amide bonds. The van der Waals surface area contributed by atoms with Gasteiger partial charge in [0.25, 0.3) is 0 Å². The molecule has 0 aromatic carbocycles. The molecule has 0 aromatic rings. The van der Waals surface area contributed by atoms with Gasteiger partial charge in [0.15, 0.2) is 0 Å². The Kier molecular flexibility index (Phi) is 8.33. The second-order valence-electron chi connectivity index (χ2n) is 3.77. The Morgan fingerprint density at radius 2 is 2.00 bits per heavy atom. The highest BCUT2D eigenvalue weighted by molar-refractivity contribution is 5.75. The van der Waals surface area contributed by atoms with Crippen LogP contribution in [0.3, 0.4) is 0 Å². The van der Waals surface area contributed by atoms with Crippen molar-refractivity contribution in [1.29, 1.82) is 0 Å². The molecule has 4 heteroatoms. The van der Waals surface area contributed by atoms with Gasteiger partial charge in [-0.3, -0.25) is 4.79 Å². The molecule has 15 heavy (non-hydrogen) atoms. The van der Waals surface area contributed by atoms with E-state index in [0.29, 0.717) is 12.8 Å². The molecule has 0 rings (SSSR count). The second-order valence-corrected chi connectivity index (χ2v) is 3.77. The molecule has 0 aromatic heterocycles. The lowest BCUT2D eigenvalue weighted by molar-refractivity contribution is -0.122. The third-order valence-corrected chi connectivity index (χ3v) is 2.43. The highest BCUT2D eigenvalue weighted by Gasteiger charge is 2.19. The van der Waals surface area contributed by atoms with Gasteiger partial charge in [-0.1, -0.05) is 33.1 Å². The van der Waals surface area contributed by atoms with Gasteiger partial charge in [-0.05, 0) is 6.42 Å². The molecule has 0 aliphatic rings. The summed E-state index contributed by atoms with van der Waals surface area (Å²) < 4.78 is 0. The minimum Gasteiger partial charge on any atom is -0.394 e. The van der Waals surface area contributed by atoms with Crippen molar-refractivity contribution < 1.29 is 15.0 Å². The van der Waals surface area contributed by atoms with Gasteiger partial charge < -0.3 is 15.5 Å². The Bertz CT molecular complexity index is 173. The molecule has 0 fully saturated rings. The SMILES string of the molecule is CCCCCC(O)C(CO)NC(=O)CC. The number of aliphatic hydroxyl groups excluding tert-OH is 2. The highest BCUT2D eigenvalue weighted by atomic mass is 16.3. The van der Waals surface area contributed by atoms with Crippen molar-refractivity contribution in [3.63, 3.8) is 0 Å². The largest absolute Gasteiger partial charge is 0.394 e. The summed E-state index contributed by atoms with van der Waals surface area (Å²) in [6.45, 7) is 3.63. The molecule has 0 radical (unpaired) electrons. The normalized spacial score (nSPS) is 14.7. The maximum atomic E-state index is 11.1. The molecule has 0 saturated carbocycles. The van der Waals surface area contributed by atoms with Gasteiger partial charge in [-0.2, -0.15) is 0 Å². The van der Waals surface area contributed by atoms with Gasteiger partial charge in [0.2, 0.25) is 5.91 Å². The van der Waals surface area contributed by atoms with Gasteiger partial charge in [0, 0.05) is 6.42 Å². The van der Waals surface area contributed by atoms with Crippen molar-refractivity contribution in [3.05, 3.63) is 0 Å². The first-order valence-corrected chi connectivity index (χ1v) is 5.73. The van der Waals surface area contributed by atoms with E-state index in [1.807, 2.05) is 0 Å². The zero-order valence-corrected chi connectivity index (χ0v) is 9.70. The lowest BCUT2D eigenvalue weighted by Crippen LogP contribution is -2.45. The van der Waals surface area contributed by atoms with Crippen molar-refractivity contribution in [1.82, 2.24) is 5.32 Å². The average Bonchev–Trinajstić information content (AvgIpc) is 2.25. The van der Waals surface area contributed by atoms with Crippen LogP contribution in [0.5, 0.6) is 0 Å². The molecule has 4 nitrogen and oxygen atoms in total. The lowest BCUT2D eigenvalue weighted by Gasteiger charge is -2.21. The summed E-state index contributed by atoms with van der Waals surface area (Å²) >= 11 is 0. The number of carbonyl (C=O) groups is 1. The monoisotopic (exact) mass is 217 g/mol. The van der Waals surface area contributed by atoms with Crippen LogP contribution >= 0.6 is 0 Å². The van der Waals surface area contributed by atoms with Crippen molar-refractivity contribution in [3.8, 4) is 0 Å². The van der Waals surface area contributed by atoms with Gasteiger partial charge in [-0.25, -0.2) is 0 Å². The smallest absolute Gasteiger partial charge is 0.220 e. The number of nitrogens with one attached hydrogen (secondary N) is 1. The van der Waals surface area contributed by atoms with E-state index in [2.05, 4.69) is 12.2 Å². The van der Waals surface area contributed by atoms with E-state index in [4.69, 9.17) is 5.11 Å². The average molecular weight is 217 g/mol. The molecular weight excluding hydrogens is 194 g/mol. The predicted octanol–water partition coefficient (Wildman–Crippen LogP) is 0.815. The molecule has 0 spiro atoms. The number of rotatable bonds is 8. The molecule has 90 valence electrons. The molecule has 0 heterocycles. The van der Waals surface area contributed by atoms with E-state index >= 15 is 0 Å². The van der Waals surface area contributed by atoms with Crippen molar-refractivity contribution >= 4 is 5.91 Å². The van der Waals surface area contributed by atoms with Crippen LogP contribution in [-0.4, -0.2) is 34.9 Å². The van der Waals surface area contributed by atoms with Crippen LogP contribution in [0.4, 0.5) is 0 Å². The number of carbonyl (C=O) groups excluding carboxylic acids is 1. The van der Waals surface area contributed by atoms with Crippen LogP contribution in [0.15, 0.2) is 0 Å². The minimum atomic E-state index is -0.642. The van der Waals surface area contributed by atoms with Crippen LogP contribution in [0.1, 0.15) is 46.0 Å². The Balaban J connectivity index is 3.87. The van der Waals surface area contributed by atoms with Crippen molar-refractivity contribution in [2.75, 3.05) is 6.61 Å². The first kappa shape index (κ1) is 14.4. The van der Waals surface area contributed by atoms with Crippen LogP contribution in [-0.2, 0) is 4.79 Å². The maximum absolute atomic E-state index is 11.1. The molecule has 2 atom stereocenters. The maximum Gasteiger partial charge on any atom is 0.220 e. The molecule has 0 aliphatic carbocycles.